The van der Waals surface area contributed by atoms with Crippen molar-refractivity contribution >= 4 is 15.9 Å². The fourth-order valence-electron chi connectivity index (χ4n) is 1.50. The molecule has 0 radical (unpaired) electrons. The van der Waals surface area contributed by atoms with Gasteiger partial charge in [-0.3, -0.25) is 0 Å². The normalized spacial score (nSPS) is 14.6. The number of hydrogen-bond acceptors (Lipinski definition) is 1. The fraction of sp³-hybridized carbons (Fsp3) is 0.455. The largest absolute Gasteiger partial charge is 0.497 e. The van der Waals surface area contributed by atoms with Crippen LogP contribution >= 0.6 is 15.9 Å². The van der Waals surface area contributed by atoms with E-state index in [4.69, 9.17) is 4.74 Å². The Morgan fingerprint density at radius 1 is 0.947 bits per heavy atom. The Morgan fingerprint density at radius 2 is 1.37 bits per heavy atom. The van der Waals surface area contributed by atoms with Crippen LogP contribution in [0.15, 0.2) is 24.3 Å². The van der Waals surface area contributed by atoms with E-state index < -0.39 is 23.1 Å². The fourth-order valence-corrected chi connectivity index (χ4v) is 2.40. The summed E-state index contributed by atoms with van der Waals surface area (Å²) in [5.41, 5.74) is -0.125. The average molecular weight is 351 g/mol. The molecule has 0 aliphatic rings. The van der Waals surface area contributed by atoms with E-state index in [9.17, 15) is 26.3 Å². The summed E-state index contributed by atoms with van der Waals surface area (Å²) < 4.78 is 79.9. The smallest absolute Gasteiger partial charge is 0.401 e. The molecule has 19 heavy (non-hydrogen) atoms. The van der Waals surface area contributed by atoms with Crippen LogP contribution in [0.3, 0.4) is 0 Å². The lowest BCUT2D eigenvalue weighted by Crippen LogP contribution is -2.39. The van der Waals surface area contributed by atoms with Gasteiger partial charge in [-0.2, -0.15) is 26.3 Å². The molecule has 8 heteroatoms. The molecule has 0 fully saturated rings. The molecule has 0 aliphatic carbocycles. The lowest BCUT2D eigenvalue weighted by molar-refractivity contribution is -0.283. The first-order valence-corrected chi connectivity index (χ1v) is 5.90. The Morgan fingerprint density at radius 3 is 1.68 bits per heavy atom. The number of benzene rings is 1. The van der Waals surface area contributed by atoms with Gasteiger partial charge in [0.15, 0.2) is 5.92 Å². The summed E-state index contributed by atoms with van der Waals surface area (Å²) >= 11 is 2.49. The molecule has 0 amide bonds. The van der Waals surface area contributed by atoms with Crippen molar-refractivity contribution in [1.82, 2.24) is 0 Å². The van der Waals surface area contributed by atoms with Crippen LogP contribution in [-0.4, -0.2) is 19.5 Å². The molecule has 1 nitrogen and oxygen atoms in total. The van der Waals surface area contributed by atoms with Crippen molar-refractivity contribution < 1.29 is 31.1 Å². The second-order valence-corrected chi connectivity index (χ2v) is 4.72. The van der Waals surface area contributed by atoms with E-state index >= 15 is 0 Å². The Kier molecular flexibility index (Phi) is 4.76. The number of hydrogen-bond donors (Lipinski definition) is 0. The SMILES string of the molecule is COc1ccc(C(Br)C(C(F)(F)F)C(F)(F)F)cc1. The lowest BCUT2D eigenvalue weighted by atomic mass is 9.98. The predicted molar refractivity (Wildman–Crippen MR) is 60.3 cm³/mol. The zero-order valence-corrected chi connectivity index (χ0v) is 11.1. The van der Waals surface area contributed by atoms with E-state index in [2.05, 4.69) is 15.9 Å². The van der Waals surface area contributed by atoms with Crippen LogP contribution < -0.4 is 4.74 Å². The van der Waals surface area contributed by atoms with Crippen LogP contribution in [0.5, 0.6) is 5.75 Å². The molecule has 0 aromatic heterocycles. The Bertz CT molecular complexity index is 397. The number of ether oxygens (including phenoxy) is 1. The highest BCUT2D eigenvalue weighted by molar-refractivity contribution is 9.09. The highest BCUT2D eigenvalue weighted by atomic mass is 79.9. The van der Waals surface area contributed by atoms with Crippen LogP contribution in [0.1, 0.15) is 10.4 Å². The van der Waals surface area contributed by atoms with Crippen molar-refractivity contribution in [2.45, 2.75) is 17.2 Å². The second kappa shape index (κ2) is 5.60. The van der Waals surface area contributed by atoms with E-state index in [1.807, 2.05) is 0 Å². The first-order valence-electron chi connectivity index (χ1n) is 4.99. The number of rotatable bonds is 3. The molecule has 1 unspecified atom stereocenters. The summed E-state index contributed by atoms with van der Waals surface area (Å²) in [6, 6.07) is 4.91. The number of alkyl halides is 7. The maximum absolute atomic E-state index is 12.5. The highest BCUT2D eigenvalue weighted by Crippen LogP contribution is 2.50. The molecule has 1 aromatic rings. The molecule has 1 rings (SSSR count). The molecule has 0 saturated carbocycles. The first-order chi connectivity index (χ1) is 8.57. The van der Waals surface area contributed by atoms with Crippen LogP contribution in [0.4, 0.5) is 26.3 Å². The van der Waals surface area contributed by atoms with Gasteiger partial charge in [-0.05, 0) is 17.7 Å². The number of methoxy groups -OCH3 is 1. The second-order valence-electron chi connectivity index (χ2n) is 3.74. The maximum atomic E-state index is 12.5. The quantitative estimate of drug-likeness (QED) is 0.558. The summed E-state index contributed by atoms with van der Waals surface area (Å²) in [6.07, 6.45) is -10.8. The van der Waals surface area contributed by atoms with Crippen molar-refractivity contribution in [2.24, 2.45) is 5.92 Å². The molecule has 1 atom stereocenters. The Labute approximate surface area is 113 Å². The van der Waals surface area contributed by atoms with E-state index in [-0.39, 0.29) is 5.56 Å². The predicted octanol–water partition coefficient (Wildman–Crippen LogP) is 4.87. The standard InChI is InChI=1S/C11H9BrF6O/c1-19-7-4-2-6(3-5-7)8(12)9(10(13,14)15)11(16,17)18/h2-5,8-9H,1H3. The number of halogens is 7. The minimum absolute atomic E-state index is 0.125. The van der Waals surface area contributed by atoms with E-state index in [0.717, 1.165) is 12.1 Å². The topological polar surface area (TPSA) is 9.23 Å². The van der Waals surface area contributed by atoms with Gasteiger partial charge in [0.1, 0.15) is 5.75 Å². The summed E-state index contributed by atoms with van der Waals surface area (Å²) in [5.74, 6) is -3.12. The zero-order valence-electron chi connectivity index (χ0n) is 9.52. The van der Waals surface area contributed by atoms with Crippen molar-refractivity contribution in [2.75, 3.05) is 7.11 Å². The van der Waals surface area contributed by atoms with Crippen molar-refractivity contribution in [3.63, 3.8) is 0 Å². The molecule has 0 saturated heterocycles. The molecule has 0 N–H and O–H groups in total. The Hall–Kier alpha value is -0.920. The highest BCUT2D eigenvalue weighted by Gasteiger charge is 2.59. The van der Waals surface area contributed by atoms with E-state index in [0.29, 0.717) is 5.75 Å². The minimum Gasteiger partial charge on any atom is -0.497 e. The molecule has 0 bridgehead atoms. The molecule has 108 valence electrons. The molecule has 1 aromatic carbocycles. The first kappa shape index (κ1) is 16.1. The molecule has 0 spiro atoms. The molecule has 0 aliphatic heterocycles. The summed E-state index contributed by atoms with van der Waals surface area (Å²) in [4.78, 5) is -1.90. The third kappa shape index (κ3) is 4.02. The van der Waals surface area contributed by atoms with Crippen molar-refractivity contribution in [3.8, 4) is 5.75 Å². The van der Waals surface area contributed by atoms with Gasteiger partial charge in [0, 0.05) is 0 Å². The van der Waals surface area contributed by atoms with Gasteiger partial charge in [-0.1, -0.05) is 28.1 Å². The lowest BCUT2D eigenvalue weighted by Gasteiger charge is -2.27. The molecular formula is C11H9BrF6O. The molecule has 0 heterocycles. The van der Waals surface area contributed by atoms with E-state index in [1.54, 1.807) is 0 Å². The monoisotopic (exact) mass is 350 g/mol. The van der Waals surface area contributed by atoms with Gasteiger partial charge < -0.3 is 4.74 Å². The van der Waals surface area contributed by atoms with Crippen LogP contribution in [0.25, 0.3) is 0 Å². The van der Waals surface area contributed by atoms with Gasteiger partial charge in [0.05, 0.1) is 11.9 Å². The van der Waals surface area contributed by atoms with Crippen molar-refractivity contribution in [1.29, 1.82) is 0 Å². The summed E-state index contributed by atoms with van der Waals surface area (Å²) in [6.45, 7) is 0. The summed E-state index contributed by atoms with van der Waals surface area (Å²) in [7, 11) is 1.34. The minimum atomic E-state index is -5.38. The maximum Gasteiger partial charge on any atom is 0.401 e. The third-order valence-electron chi connectivity index (χ3n) is 2.43. The van der Waals surface area contributed by atoms with Gasteiger partial charge >= 0.3 is 12.4 Å². The molecular weight excluding hydrogens is 342 g/mol. The van der Waals surface area contributed by atoms with Gasteiger partial charge in [0.2, 0.25) is 0 Å². The van der Waals surface area contributed by atoms with E-state index in [1.165, 1.54) is 19.2 Å². The average Bonchev–Trinajstić information content (AvgIpc) is 2.25. The van der Waals surface area contributed by atoms with Crippen LogP contribution in [0.2, 0.25) is 0 Å². The third-order valence-corrected chi connectivity index (χ3v) is 3.49. The zero-order chi connectivity index (χ0) is 14.8. The van der Waals surface area contributed by atoms with Crippen LogP contribution in [0, 0.1) is 5.92 Å². The van der Waals surface area contributed by atoms with Gasteiger partial charge in [-0.15, -0.1) is 0 Å². The van der Waals surface area contributed by atoms with Gasteiger partial charge in [0.25, 0.3) is 0 Å². The van der Waals surface area contributed by atoms with Gasteiger partial charge in [-0.25, -0.2) is 0 Å². The summed E-state index contributed by atoms with van der Waals surface area (Å²) in [5, 5.41) is 0. The Balaban J connectivity index is 3.09. The van der Waals surface area contributed by atoms with Crippen molar-refractivity contribution in [3.05, 3.63) is 29.8 Å². The van der Waals surface area contributed by atoms with Crippen LogP contribution in [-0.2, 0) is 0 Å².